The van der Waals surface area contributed by atoms with Gasteiger partial charge in [-0.3, -0.25) is 0 Å². The third-order valence-electron chi connectivity index (χ3n) is 4.94. The van der Waals surface area contributed by atoms with E-state index in [1.807, 2.05) is 49.4 Å². The number of aliphatic hydroxyl groups excluding tert-OH is 1. The molecular weight excluding hydrogens is 334 g/mol. The maximum absolute atomic E-state index is 13.2. The molecule has 2 atom stereocenters. The second-order valence-electron chi connectivity index (χ2n) is 6.68. The molecule has 0 amide bonds. The summed E-state index contributed by atoms with van der Waals surface area (Å²) >= 11 is 0. The second-order valence-corrected chi connectivity index (χ2v) is 8.54. The van der Waals surface area contributed by atoms with E-state index in [4.69, 9.17) is 0 Å². The summed E-state index contributed by atoms with van der Waals surface area (Å²) in [6, 6.07) is 16.7. The smallest absolute Gasteiger partial charge is 0.243 e. The summed E-state index contributed by atoms with van der Waals surface area (Å²) in [4.78, 5) is 0.341. The van der Waals surface area contributed by atoms with Crippen molar-refractivity contribution in [2.45, 2.75) is 49.6 Å². The van der Waals surface area contributed by atoms with Gasteiger partial charge < -0.3 is 5.11 Å². The molecule has 2 aromatic carbocycles. The van der Waals surface area contributed by atoms with Crippen LogP contribution in [0.2, 0.25) is 0 Å². The van der Waals surface area contributed by atoms with Crippen LogP contribution in [0.4, 0.5) is 0 Å². The molecule has 0 aliphatic carbocycles. The van der Waals surface area contributed by atoms with Gasteiger partial charge in [0.2, 0.25) is 10.0 Å². The molecule has 1 heterocycles. The number of nitrogens with zero attached hydrogens (tertiary/aromatic N) is 1. The normalized spacial score (nSPS) is 22.0. The van der Waals surface area contributed by atoms with Gasteiger partial charge in [-0.25, -0.2) is 8.42 Å². The first-order chi connectivity index (χ1) is 12.0. The molecule has 0 radical (unpaired) electrons. The number of aryl methyl sites for hydroxylation is 2. The van der Waals surface area contributed by atoms with E-state index in [1.54, 1.807) is 12.1 Å². The number of aliphatic hydroxyl groups is 1. The Bertz CT molecular complexity index is 805. The van der Waals surface area contributed by atoms with Crippen molar-refractivity contribution in [3.63, 3.8) is 0 Å². The predicted molar refractivity (Wildman–Crippen MR) is 98.9 cm³/mol. The zero-order chi connectivity index (χ0) is 17.9. The number of hydrogen-bond acceptors (Lipinski definition) is 3. The van der Waals surface area contributed by atoms with Gasteiger partial charge in [0.05, 0.1) is 17.0 Å². The van der Waals surface area contributed by atoms with Crippen molar-refractivity contribution in [3.8, 4) is 0 Å². The minimum atomic E-state index is -3.61. The Kier molecular flexibility index (Phi) is 5.57. The molecule has 1 aliphatic heterocycles. The summed E-state index contributed by atoms with van der Waals surface area (Å²) in [5, 5.41) is 10.5. The average Bonchev–Trinajstić information content (AvgIpc) is 2.61. The van der Waals surface area contributed by atoms with E-state index in [-0.39, 0.29) is 6.04 Å². The molecule has 1 saturated heterocycles. The fourth-order valence-corrected chi connectivity index (χ4v) is 5.52. The Labute approximate surface area is 150 Å². The van der Waals surface area contributed by atoms with Gasteiger partial charge in [0, 0.05) is 6.54 Å². The maximum Gasteiger partial charge on any atom is 0.243 e. The van der Waals surface area contributed by atoms with Crippen molar-refractivity contribution in [3.05, 3.63) is 65.7 Å². The predicted octanol–water partition coefficient (Wildman–Crippen LogP) is 3.14. The molecule has 1 N–H and O–H groups in total. The van der Waals surface area contributed by atoms with Crippen LogP contribution in [0, 0.1) is 6.92 Å². The molecule has 0 spiro atoms. The first kappa shape index (κ1) is 18.1. The van der Waals surface area contributed by atoms with E-state index in [0.29, 0.717) is 30.7 Å². The van der Waals surface area contributed by atoms with Crippen LogP contribution in [-0.2, 0) is 16.4 Å². The van der Waals surface area contributed by atoms with Crippen molar-refractivity contribution < 1.29 is 13.5 Å². The van der Waals surface area contributed by atoms with Gasteiger partial charge in [-0.05, 0) is 49.8 Å². The third-order valence-corrected chi connectivity index (χ3v) is 7.03. The van der Waals surface area contributed by atoms with Crippen LogP contribution in [-0.4, -0.2) is 36.5 Å². The Balaban J connectivity index is 1.85. The quantitative estimate of drug-likeness (QED) is 0.892. The number of rotatable bonds is 5. The first-order valence-electron chi connectivity index (χ1n) is 8.79. The number of piperidine rings is 1. The lowest BCUT2D eigenvalue weighted by Gasteiger charge is -2.38. The monoisotopic (exact) mass is 359 g/mol. The van der Waals surface area contributed by atoms with Crippen LogP contribution in [0.5, 0.6) is 0 Å². The third kappa shape index (κ3) is 3.94. The molecule has 1 fully saturated rings. The number of benzene rings is 2. The van der Waals surface area contributed by atoms with E-state index in [9.17, 15) is 13.5 Å². The van der Waals surface area contributed by atoms with Gasteiger partial charge in [0.15, 0.2) is 0 Å². The molecule has 0 aromatic heterocycles. The standard InChI is InChI=1S/C20H25NO3S/c1-16-8-5-6-12-20(16)25(23,24)21-15-7-11-19(22)18(21)14-13-17-9-3-2-4-10-17/h2-6,8-10,12,18-19,22H,7,11,13-15H2,1H3. The van der Waals surface area contributed by atoms with Crippen LogP contribution < -0.4 is 0 Å². The molecular formula is C20H25NO3S. The molecule has 0 saturated carbocycles. The lowest BCUT2D eigenvalue weighted by atomic mass is 9.95. The molecule has 25 heavy (non-hydrogen) atoms. The fraction of sp³-hybridized carbons (Fsp3) is 0.400. The lowest BCUT2D eigenvalue weighted by Crippen LogP contribution is -2.51. The van der Waals surface area contributed by atoms with E-state index in [2.05, 4.69) is 0 Å². The SMILES string of the molecule is Cc1ccccc1S(=O)(=O)N1CCCC(O)C1CCc1ccccc1. The zero-order valence-electron chi connectivity index (χ0n) is 14.5. The van der Waals surface area contributed by atoms with Crippen molar-refractivity contribution >= 4 is 10.0 Å². The van der Waals surface area contributed by atoms with Crippen molar-refractivity contribution in [2.75, 3.05) is 6.54 Å². The molecule has 2 unspecified atom stereocenters. The first-order valence-corrected chi connectivity index (χ1v) is 10.2. The zero-order valence-corrected chi connectivity index (χ0v) is 15.3. The highest BCUT2D eigenvalue weighted by Crippen LogP contribution is 2.29. The average molecular weight is 359 g/mol. The van der Waals surface area contributed by atoms with Crippen molar-refractivity contribution in [1.29, 1.82) is 0 Å². The molecule has 1 aliphatic rings. The Morgan fingerprint density at radius 1 is 1.08 bits per heavy atom. The molecule has 4 nitrogen and oxygen atoms in total. The summed E-state index contributed by atoms with van der Waals surface area (Å²) in [5.74, 6) is 0. The summed E-state index contributed by atoms with van der Waals surface area (Å²) < 4.78 is 27.9. The van der Waals surface area contributed by atoms with E-state index >= 15 is 0 Å². The van der Waals surface area contributed by atoms with Crippen LogP contribution in [0.25, 0.3) is 0 Å². The Morgan fingerprint density at radius 3 is 2.48 bits per heavy atom. The summed E-state index contributed by atoms with van der Waals surface area (Å²) in [7, 11) is -3.61. The molecule has 2 aromatic rings. The largest absolute Gasteiger partial charge is 0.391 e. The molecule has 3 rings (SSSR count). The summed E-state index contributed by atoms with van der Waals surface area (Å²) in [6.45, 7) is 2.28. The van der Waals surface area contributed by atoms with Gasteiger partial charge in [0.1, 0.15) is 0 Å². The Hall–Kier alpha value is -1.69. The van der Waals surface area contributed by atoms with E-state index in [0.717, 1.165) is 17.5 Å². The lowest BCUT2D eigenvalue weighted by molar-refractivity contribution is 0.0484. The second kappa shape index (κ2) is 7.68. The van der Waals surface area contributed by atoms with Crippen LogP contribution >= 0.6 is 0 Å². The minimum Gasteiger partial charge on any atom is -0.391 e. The summed E-state index contributed by atoms with van der Waals surface area (Å²) in [6.07, 6.45) is 2.10. The van der Waals surface area contributed by atoms with Crippen molar-refractivity contribution in [1.82, 2.24) is 4.31 Å². The highest BCUT2D eigenvalue weighted by atomic mass is 32.2. The van der Waals surface area contributed by atoms with Gasteiger partial charge in [-0.2, -0.15) is 4.31 Å². The molecule has 5 heteroatoms. The van der Waals surface area contributed by atoms with E-state index < -0.39 is 16.1 Å². The van der Waals surface area contributed by atoms with Gasteiger partial charge in [-0.1, -0.05) is 48.5 Å². The van der Waals surface area contributed by atoms with Crippen LogP contribution in [0.15, 0.2) is 59.5 Å². The molecule has 0 bridgehead atoms. The van der Waals surface area contributed by atoms with Crippen LogP contribution in [0.1, 0.15) is 30.4 Å². The van der Waals surface area contributed by atoms with Gasteiger partial charge in [0.25, 0.3) is 0 Å². The minimum absolute atomic E-state index is 0.341. The Morgan fingerprint density at radius 2 is 1.76 bits per heavy atom. The molecule has 134 valence electrons. The highest BCUT2D eigenvalue weighted by Gasteiger charge is 2.38. The fourth-order valence-electron chi connectivity index (χ4n) is 3.57. The number of hydrogen-bond donors (Lipinski definition) is 1. The van der Waals surface area contributed by atoms with Crippen LogP contribution in [0.3, 0.4) is 0 Å². The highest BCUT2D eigenvalue weighted by molar-refractivity contribution is 7.89. The number of sulfonamides is 1. The maximum atomic E-state index is 13.2. The van der Waals surface area contributed by atoms with Gasteiger partial charge in [-0.15, -0.1) is 0 Å². The van der Waals surface area contributed by atoms with E-state index in [1.165, 1.54) is 4.31 Å². The van der Waals surface area contributed by atoms with Crippen molar-refractivity contribution in [2.24, 2.45) is 0 Å². The topological polar surface area (TPSA) is 57.6 Å². The summed E-state index contributed by atoms with van der Waals surface area (Å²) in [5.41, 5.74) is 1.90. The van der Waals surface area contributed by atoms with Gasteiger partial charge >= 0.3 is 0 Å².